The van der Waals surface area contributed by atoms with Crippen molar-refractivity contribution < 1.29 is 18.7 Å². The number of thiazole rings is 1. The van der Waals surface area contributed by atoms with Crippen LogP contribution in [-0.2, 0) is 38.6 Å². The molecule has 2 fully saturated rings. The fourth-order valence-electron chi connectivity index (χ4n) is 5.28. The second kappa shape index (κ2) is 8.20. The molecule has 0 saturated carbocycles. The maximum atomic E-state index is 13.5. The van der Waals surface area contributed by atoms with Gasteiger partial charge in [-0.05, 0) is 49.8 Å². The lowest BCUT2D eigenvalue weighted by Crippen LogP contribution is -2.46. The molecule has 1 aliphatic carbocycles. The van der Waals surface area contributed by atoms with Crippen LogP contribution in [-0.4, -0.2) is 38.0 Å². The van der Waals surface area contributed by atoms with Crippen LogP contribution >= 0.6 is 23.1 Å². The van der Waals surface area contributed by atoms with E-state index < -0.39 is 16.9 Å². The minimum Gasteiger partial charge on any atom is -0.458 e. The van der Waals surface area contributed by atoms with Gasteiger partial charge in [0, 0.05) is 28.8 Å². The Balaban J connectivity index is 1.22. The maximum Gasteiger partial charge on any atom is 0.330 e. The van der Waals surface area contributed by atoms with Crippen molar-refractivity contribution in [3.05, 3.63) is 68.3 Å². The monoisotopic (exact) mass is 499 g/mol. The van der Waals surface area contributed by atoms with Gasteiger partial charge in [0.05, 0.1) is 5.69 Å². The first kappa shape index (κ1) is 21.8. The highest BCUT2D eigenvalue weighted by Crippen LogP contribution is 2.54. The smallest absolute Gasteiger partial charge is 0.330 e. The van der Waals surface area contributed by atoms with E-state index in [1.807, 2.05) is 0 Å². The summed E-state index contributed by atoms with van der Waals surface area (Å²) in [7, 11) is 0. The van der Waals surface area contributed by atoms with Crippen LogP contribution in [0.25, 0.3) is 4.96 Å². The molecule has 2 aromatic heterocycles. The van der Waals surface area contributed by atoms with Gasteiger partial charge in [-0.2, -0.15) is 0 Å². The Labute approximate surface area is 202 Å². The molecule has 0 radical (unpaired) electrons. The second-order valence-corrected chi connectivity index (χ2v) is 11.2. The van der Waals surface area contributed by atoms with Crippen LogP contribution in [0.15, 0.2) is 35.1 Å². The normalized spacial score (nSPS) is 23.9. The zero-order valence-corrected chi connectivity index (χ0v) is 19.9. The van der Waals surface area contributed by atoms with Gasteiger partial charge >= 0.3 is 5.97 Å². The predicted molar refractivity (Wildman–Crippen MR) is 126 cm³/mol. The Hall–Kier alpha value is -2.72. The topological polar surface area (TPSA) is 81.0 Å². The molecule has 34 heavy (non-hydrogen) atoms. The molecule has 6 rings (SSSR count). The number of hydrogen-bond donors (Lipinski definition) is 0. The summed E-state index contributed by atoms with van der Waals surface area (Å²) in [5.41, 5.74) is 2.11. The lowest BCUT2D eigenvalue weighted by molar-refractivity contribution is -0.155. The van der Waals surface area contributed by atoms with Crippen molar-refractivity contribution in [1.29, 1.82) is 0 Å². The second-order valence-electron chi connectivity index (χ2n) is 8.87. The van der Waals surface area contributed by atoms with E-state index in [1.54, 1.807) is 21.4 Å². The van der Waals surface area contributed by atoms with Crippen LogP contribution in [0, 0.1) is 5.82 Å². The number of benzene rings is 1. The highest BCUT2D eigenvalue weighted by Gasteiger charge is 2.57. The van der Waals surface area contributed by atoms with E-state index in [0.717, 1.165) is 36.9 Å². The first-order valence-corrected chi connectivity index (χ1v) is 13.2. The Morgan fingerprint density at radius 1 is 1.18 bits per heavy atom. The number of rotatable bonds is 4. The van der Waals surface area contributed by atoms with Crippen LogP contribution in [0.3, 0.4) is 0 Å². The Morgan fingerprint density at radius 2 is 1.97 bits per heavy atom. The molecule has 1 aromatic carbocycles. The van der Waals surface area contributed by atoms with Crippen LogP contribution in [0.4, 0.5) is 4.39 Å². The SMILES string of the molecule is O=C(OCc1cc(=O)n2c3c(sc2n1)CCCC3)[C@@H]1CS[C@]2(c3ccc(F)cc3)CCC(=O)N12. The number of nitrogens with zero attached hydrogens (tertiary/aromatic N) is 3. The number of aromatic nitrogens is 2. The summed E-state index contributed by atoms with van der Waals surface area (Å²) in [4.78, 5) is 45.9. The highest BCUT2D eigenvalue weighted by atomic mass is 32.2. The van der Waals surface area contributed by atoms with Crippen molar-refractivity contribution in [3.8, 4) is 0 Å². The van der Waals surface area contributed by atoms with E-state index in [-0.39, 0.29) is 23.9 Å². The van der Waals surface area contributed by atoms with E-state index in [9.17, 15) is 18.8 Å². The van der Waals surface area contributed by atoms with Crippen LogP contribution in [0.5, 0.6) is 0 Å². The van der Waals surface area contributed by atoms with E-state index in [2.05, 4.69) is 4.98 Å². The quantitative estimate of drug-likeness (QED) is 0.512. The van der Waals surface area contributed by atoms with Gasteiger partial charge in [0.15, 0.2) is 4.96 Å². The number of aryl methyl sites for hydroxylation is 2. The number of hydrogen-bond acceptors (Lipinski definition) is 7. The minimum atomic E-state index is -0.732. The van der Waals surface area contributed by atoms with Crippen molar-refractivity contribution in [2.24, 2.45) is 0 Å². The summed E-state index contributed by atoms with van der Waals surface area (Å²) in [6.07, 6.45) is 4.91. The number of halogens is 1. The number of fused-ring (bicyclic) bond motifs is 4. The van der Waals surface area contributed by atoms with Gasteiger partial charge < -0.3 is 9.64 Å². The van der Waals surface area contributed by atoms with E-state index in [1.165, 1.54) is 46.2 Å². The van der Waals surface area contributed by atoms with E-state index in [0.29, 0.717) is 29.2 Å². The average molecular weight is 500 g/mol. The number of ether oxygens (including phenoxy) is 1. The molecule has 7 nitrogen and oxygen atoms in total. The lowest BCUT2D eigenvalue weighted by atomic mass is 10.0. The van der Waals surface area contributed by atoms with Crippen molar-refractivity contribution in [2.45, 2.75) is 56.0 Å². The summed E-state index contributed by atoms with van der Waals surface area (Å²) in [5, 5.41) is 0. The molecule has 2 aliphatic heterocycles. The summed E-state index contributed by atoms with van der Waals surface area (Å²) in [6, 6.07) is 6.79. The molecule has 0 bridgehead atoms. The van der Waals surface area contributed by atoms with Crippen LogP contribution in [0.1, 0.15) is 47.5 Å². The molecule has 176 valence electrons. The molecule has 2 atom stereocenters. The van der Waals surface area contributed by atoms with Gasteiger partial charge in [0.1, 0.15) is 23.3 Å². The molecule has 3 aromatic rings. The average Bonchev–Trinajstić information content (AvgIpc) is 3.50. The Kier molecular flexibility index (Phi) is 5.25. The first-order valence-electron chi connectivity index (χ1n) is 11.4. The highest BCUT2D eigenvalue weighted by molar-refractivity contribution is 8.00. The summed E-state index contributed by atoms with van der Waals surface area (Å²) < 4.78 is 20.7. The zero-order chi connectivity index (χ0) is 23.4. The van der Waals surface area contributed by atoms with Crippen LogP contribution in [0.2, 0.25) is 0 Å². The molecule has 0 unspecified atom stereocenters. The predicted octanol–water partition coefficient (Wildman–Crippen LogP) is 3.41. The number of thioether (sulfide) groups is 1. The minimum absolute atomic E-state index is 0.113. The van der Waals surface area contributed by atoms with E-state index in [4.69, 9.17) is 4.74 Å². The van der Waals surface area contributed by atoms with Gasteiger partial charge in [0.25, 0.3) is 5.56 Å². The van der Waals surface area contributed by atoms with Gasteiger partial charge in [0.2, 0.25) is 5.91 Å². The lowest BCUT2D eigenvalue weighted by Gasteiger charge is -2.33. The van der Waals surface area contributed by atoms with Gasteiger partial charge in [-0.15, -0.1) is 23.1 Å². The van der Waals surface area contributed by atoms with Crippen LogP contribution < -0.4 is 5.56 Å². The standard InChI is InChI=1S/C24H22FN3O4S2/c25-15-7-5-14(6-8-15)24-10-9-20(29)28(24)18(13-33-24)22(31)32-12-16-11-21(30)27-17-3-1-2-4-19(17)34-23(27)26-16/h5-8,11,18H,1-4,9-10,12-13H2/t18-,24-/m0/s1. The van der Waals surface area contributed by atoms with E-state index >= 15 is 0 Å². The van der Waals surface area contributed by atoms with Crippen molar-refractivity contribution >= 4 is 39.9 Å². The maximum absolute atomic E-state index is 13.5. The molecule has 0 N–H and O–H groups in total. The van der Waals surface area contributed by atoms with Gasteiger partial charge in [-0.1, -0.05) is 12.1 Å². The third-order valence-corrected chi connectivity index (χ3v) is 9.61. The molecule has 4 heterocycles. The van der Waals surface area contributed by atoms with Gasteiger partial charge in [-0.3, -0.25) is 14.0 Å². The molecule has 0 spiro atoms. The fraction of sp³-hybridized carbons (Fsp3) is 0.417. The van der Waals surface area contributed by atoms with Crippen molar-refractivity contribution in [3.63, 3.8) is 0 Å². The van der Waals surface area contributed by atoms with Gasteiger partial charge in [-0.25, -0.2) is 14.2 Å². The number of esters is 1. The first-order chi connectivity index (χ1) is 16.5. The molecular weight excluding hydrogens is 477 g/mol. The summed E-state index contributed by atoms with van der Waals surface area (Å²) in [6.45, 7) is -0.125. The number of amides is 1. The summed E-state index contributed by atoms with van der Waals surface area (Å²) >= 11 is 3.04. The largest absolute Gasteiger partial charge is 0.458 e. The molecular formula is C24H22FN3O4S2. The zero-order valence-electron chi connectivity index (χ0n) is 18.3. The number of carbonyl (C=O) groups is 2. The third kappa shape index (κ3) is 3.38. The molecule has 3 aliphatic rings. The Bertz CT molecular complexity index is 1370. The molecule has 1 amide bonds. The van der Waals surface area contributed by atoms with Crippen molar-refractivity contribution in [1.82, 2.24) is 14.3 Å². The van der Waals surface area contributed by atoms with Crippen molar-refractivity contribution in [2.75, 3.05) is 5.75 Å². The Morgan fingerprint density at radius 3 is 2.79 bits per heavy atom. The third-order valence-electron chi connectivity index (χ3n) is 6.87. The number of carbonyl (C=O) groups excluding carboxylic acids is 2. The molecule has 2 saturated heterocycles. The fourth-order valence-corrected chi connectivity index (χ4v) is 8.15. The summed E-state index contributed by atoms with van der Waals surface area (Å²) in [5.74, 6) is -0.575. The molecule has 10 heteroatoms.